The lowest BCUT2D eigenvalue weighted by Crippen LogP contribution is -2.52. The van der Waals surface area contributed by atoms with Crippen molar-refractivity contribution in [1.82, 2.24) is 4.90 Å². The molecule has 24 heavy (non-hydrogen) atoms. The van der Waals surface area contributed by atoms with Crippen LogP contribution in [0.3, 0.4) is 0 Å². The van der Waals surface area contributed by atoms with Crippen LogP contribution in [-0.2, 0) is 19.7 Å². The summed E-state index contributed by atoms with van der Waals surface area (Å²) in [7, 11) is 1.33. The Morgan fingerprint density at radius 1 is 1.42 bits per heavy atom. The van der Waals surface area contributed by atoms with Gasteiger partial charge in [-0.25, -0.2) is 9.59 Å². The molecule has 0 saturated carbocycles. The van der Waals surface area contributed by atoms with Crippen LogP contribution in [0.25, 0.3) is 0 Å². The summed E-state index contributed by atoms with van der Waals surface area (Å²) < 4.78 is 10.6. The van der Waals surface area contributed by atoms with E-state index in [9.17, 15) is 9.59 Å². The predicted molar refractivity (Wildman–Crippen MR) is 89.6 cm³/mol. The van der Waals surface area contributed by atoms with Crippen LogP contribution in [0, 0.1) is 0 Å². The lowest BCUT2D eigenvalue weighted by Gasteiger charge is -2.36. The molecule has 3 rings (SSSR count). The average molecular weight is 329 g/mol. The van der Waals surface area contributed by atoms with E-state index in [4.69, 9.17) is 9.47 Å². The highest BCUT2D eigenvalue weighted by molar-refractivity contribution is 5.84. The standard InChI is InChI=1S/C19H23NO4/c1-11(2)10-14(17(21)23-5)20-16-15(24-18(20)22)12-8-6-7-9-13(12)19(16,3)4/h6-9,14-16H,1,10H2,2-5H3/t14-,15-,16-/m1/s1. The van der Waals surface area contributed by atoms with Crippen molar-refractivity contribution < 1.29 is 19.1 Å². The number of rotatable bonds is 4. The number of nitrogens with zero attached hydrogens (tertiary/aromatic N) is 1. The van der Waals surface area contributed by atoms with E-state index < -0.39 is 18.1 Å². The lowest BCUT2D eigenvalue weighted by atomic mass is 9.81. The van der Waals surface area contributed by atoms with Gasteiger partial charge in [-0.3, -0.25) is 4.90 Å². The number of ether oxygens (including phenoxy) is 2. The zero-order valence-electron chi connectivity index (χ0n) is 14.5. The van der Waals surface area contributed by atoms with Gasteiger partial charge in [0, 0.05) is 5.41 Å². The Labute approximate surface area is 142 Å². The number of benzene rings is 1. The fourth-order valence-electron chi connectivity index (χ4n) is 4.03. The van der Waals surface area contributed by atoms with E-state index in [1.165, 1.54) is 7.11 Å². The molecule has 1 aliphatic carbocycles. The molecule has 0 aromatic heterocycles. The first-order valence-corrected chi connectivity index (χ1v) is 8.09. The molecule has 1 aromatic rings. The van der Waals surface area contributed by atoms with Crippen LogP contribution in [0.1, 0.15) is 44.4 Å². The summed E-state index contributed by atoms with van der Waals surface area (Å²) in [5, 5.41) is 0. The van der Waals surface area contributed by atoms with E-state index >= 15 is 0 Å². The fraction of sp³-hybridized carbons (Fsp3) is 0.474. The summed E-state index contributed by atoms with van der Waals surface area (Å²) >= 11 is 0. The third kappa shape index (κ3) is 2.30. The molecule has 3 atom stereocenters. The molecular weight excluding hydrogens is 306 g/mol. The summed E-state index contributed by atoms with van der Waals surface area (Å²) in [4.78, 5) is 26.5. The number of hydrogen-bond donors (Lipinski definition) is 0. The van der Waals surface area contributed by atoms with Gasteiger partial charge >= 0.3 is 12.1 Å². The molecule has 5 heteroatoms. The lowest BCUT2D eigenvalue weighted by molar-refractivity contribution is -0.146. The van der Waals surface area contributed by atoms with Gasteiger partial charge in [0.25, 0.3) is 0 Å². The van der Waals surface area contributed by atoms with Gasteiger partial charge in [0.15, 0.2) is 6.10 Å². The molecule has 0 spiro atoms. The minimum Gasteiger partial charge on any atom is -0.467 e. The molecular formula is C19H23NO4. The second kappa shape index (κ2) is 5.65. The molecule has 0 N–H and O–H groups in total. The number of methoxy groups -OCH3 is 1. The maximum atomic E-state index is 12.6. The van der Waals surface area contributed by atoms with Crippen molar-refractivity contribution >= 4 is 12.1 Å². The molecule has 1 heterocycles. The maximum Gasteiger partial charge on any atom is 0.411 e. The van der Waals surface area contributed by atoms with Crippen LogP contribution in [0.4, 0.5) is 4.79 Å². The molecule has 5 nitrogen and oxygen atoms in total. The topological polar surface area (TPSA) is 55.8 Å². The minimum absolute atomic E-state index is 0.245. The number of amides is 1. The van der Waals surface area contributed by atoms with Crippen molar-refractivity contribution in [3.05, 3.63) is 47.5 Å². The summed E-state index contributed by atoms with van der Waals surface area (Å²) in [5.74, 6) is -0.442. The molecule has 128 valence electrons. The molecule has 1 aliphatic heterocycles. The number of carbonyl (C=O) groups is 2. The Morgan fingerprint density at radius 3 is 2.71 bits per heavy atom. The molecule has 0 radical (unpaired) electrons. The fourth-order valence-corrected chi connectivity index (χ4v) is 4.03. The van der Waals surface area contributed by atoms with Crippen molar-refractivity contribution in [2.45, 2.75) is 50.8 Å². The summed E-state index contributed by atoms with van der Waals surface area (Å²) in [6, 6.07) is 7.02. The monoisotopic (exact) mass is 329 g/mol. The summed E-state index contributed by atoms with van der Waals surface area (Å²) in [6.07, 6.45) is -0.470. The molecule has 0 unspecified atom stereocenters. The Kier molecular flexibility index (Phi) is 3.90. The molecule has 1 fully saturated rings. The highest BCUT2D eigenvalue weighted by Crippen LogP contribution is 2.53. The smallest absolute Gasteiger partial charge is 0.411 e. The largest absolute Gasteiger partial charge is 0.467 e. The van der Waals surface area contributed by atoms with Gasteiger partial charge in [-0.1, -0.05) is 43.7 Å². The Balaban J connectivity index is 2.06. The van der Waals surface area contributed by atoms with Crippen LogP contribution >= 0.6 is 0 Å². The third-order valence-corrected chi connectivity index (χ3v) is 5.08. The SMILES string of the molecule is C=C(C)C[C@H](C(=O)OC)N1C(=O)O[C@@H]2c3ccccc3C(C)(C)[C@@H]21. The van der Waals surface area contributed by atoms with Gasteiger partial charge in [0.05, 0.1) is 13.2 Å². The number of carbonyl (C=O) groups excluding carboxylic acids is 2. The number of esters is 1. The number of hydrogen-bond acceptors (Lipinski definition) is 4. The van der Waals surface area contributed by atoms with E-state index in [0.717, 1.165) is 16.7 Å². The van der Waals surface area contributed by atoms with Crippen LogP contribution in [0.2, 0.25) is 0 Å². The molecule has 1 aromatic carbocycles. The van der Waals surface area contributed by atoms with Crippen molar-refractivity contribution in [2.75, 3.05) is 7.11 Å². The van der Waals surface area contributed by atoms with Gasteiger partial charge in [0.1, 0.15) is 6.04 Å². The van der Waals surface area contributed by atoms with Crippen LogP contribution < -0.4 is 0 Å². The first-order valence-electron chi connectivity index (χ1n) is 8.09. The Hall–Kier alpha value is -2.30. The van der Waals surface area contributed by atoms with Crippen LogP contribution in [0.15, 0.2) is 36.4 Å². The van der Waals surface area contributed by atoms with Crippen molar-refractivity contribution in [3.8, 4) is 0 Å². The van der Waals surface area contributed by atoms with Crippen molar-refractivity contribution in [1.29, 1.82) is 0 Å². The molecule has 0 bridgehead atoms. The average Bonchev–Trinajstić information content (AvgIpc) is 2.98. The van der Waals surface area contributed by atoms with Gasteiger partial charge in [0.2, 0.25) is 0 Å². The third-order valence-electron chi connectivity index (χ3n) is 5.08. The summed E-state index contributed by atoms with van der Waals surface area (Å²) in [5.41, 5.74) is 2.66. The first kappa shape index (κ1) is 16.6. The van der Waals surface area contributed by atoms with Gasteiger partial charge < -0.3 is 9.47 Å². The van der Waals surface area contributed by atoms with E-state index in [1.807, 2.05) is 25.1 Å². The van der Waals surface area contributed by atoms with E-state index in [0.29, 0.717) is 6.42 Å². The first-order chi connectivity index (χ1) is 11.3. The number of fused-ring (bicyclic) bond motifs is 3. The zero-order valence-corrected chi connectivity index (χ0v) is 14.5. The quantitative estimate of drug-likeness (QED) is 0.628. The molecule has 1 amide bonds. The van der Waals surface area contributed by atoms with Gasteiger partial charge in [-0.15, -0.1) is 6.58 Å². The predicted octanol–water partition coefficient (Wildman–Crippen LogP) is 3.35. The van der Waals surface area contributed by atoms with Crippen LogP contribution in [0.5, 0.6) is 0 Å². The van der Waals surface area contributed by atoms with E-state index in [-0.39, 0.29) is 17.6 Å². The normalized spacial score (nSPS) is 24.8. The molecule has 2 aliphatic rings. The maximum absolute atomic E-state index is 12.6. The highest BCUT2D eigenvalue weighted by atomic mass is 16.6. The van der Waals surface area contributed by atoms with E-state index in [2.05, 4.69) is 26.5 Å². The van der Waals surface area contributed by atoms with E-state index in [1.54, 1.807) is 4.90 Å². The summed E-state index contributed by atoms with van der Waals surface area (Å²) in [6.45, 7) is 9.89. The Bertz CT molecular complexity index is 709. The highest BCUT2D eigenvalue weighted by Gasteiger charge is 2.59. The Morgan fingerprint density at radius 2 is 2.08 bits per heavy atom. The van der Waals surface area contributed by atoms with Crippen molar-refractivity contribution in [2.24, 2.45) is 0 Å². The zero-order chi connectivity index (χ0) is 17.6. The second-order valence-corrected chi connectivity index (χ2v) is 7.17. The second-order valence-electron chi connectivity index (χ2n) is 7.17. The molecule has 1 saturated heterocycles. The van der Waals surface area contributed by atoms with Crippen molar-refractivity contribution in [3.63, 3.8) is 0 Å². The van der Waals surface area contributed by atoms with Gasteiger partial charge in [-0.05, 0) is 24.5 Å². The van der Waals surface area contributed by atoms with Crippen LogP contribution in [-0.4, -0.2) is 36.2 Å². The van der Waals surface area contributed by atoms with Gasteiger partial charge in [-0.2, -0.15) is 0 Å². The minimum atomic E-state index is -0.719.